The van der Waals surface area contributed by atoms with Gasteiger partial charge in [-0.2, -0.15) is 13.2 Å². The number of piperidine rings is 1. The normalized spacial score (nSPS) is 31.0. The second-order valence-electron chi connectivity index (χ2n) is 8.54. The highest BCUT2D eigenvalue weighted by Gasteiger charge is 2.51. The number of rotatable bonds is 2. The van der Waals surface area contributed by atoms with Crippen molar-refractivity contribution in [2.45, 2.75) is 63.3 Å². The fourth-order valence-electron chi connectivity index (χ4n) is 5.08. The van der Waals surface area contributed by atoms with Crippen LogP contribution in [0, 0.1) is 5.41 Å². The predicted molar refractivity (Wildman–Crippen MR) is 103 cm³/mol. The average molecular weight is 432 g/mol. The summed E-state index contributed by atoms with van der Waals surface area (Å²) >= 11 is 6.14. The van der Waals surface area contributed by atoms with Gasteiger partial charge in [-0.3, -0.25) is 4.79 Å². The van der Waals surface area contributed by atoms with E-state index >= 15 is 0 Å². The molecule has 29 heavy (non-hydrogen) atoms. The zero-order valence-corrected chi connectivity index (χ0v) is 16.8. The fraction of sp³-hybridized carbons (Fsp3) is 0.700. The minimum absolute atomic E-state index is 0.0413. The first kappa shape index (κ1) is 20.7. The summed E-state index contributed by atoms with van der Waals surface area (Å²) in [6, 6.07) is 1.08. The molecule has 1 aromatic rings. The van der Waals surface area contributed by atoms with Gasteiger partial charge in [0, 0.05) is 31.9 Å². The maximum atomic E-state index is 13.3. The van der Waals surface area contributed by atoms with Gasteiger partial charge in [0.1, 0.15) is 5.82 Å². The molecule has 1 amide bonds. The van der Waals surface area contributed by atoms with Crippen LogP contribution in [0.4, 0.5) is 19.0 Å². The zero-order chi connectivity index (χ0) is 20.8. The number of amides is 1. The Morgan fingerprint density at radius 2 is 1.90 bits per heavy atom. The van der Waals surface area contributed by atoms with Crippen LogP contribution >= 0.6 is 11.6 Å². The van der Waals surface area contributed by atoms with Gasteiger partial charge in [-0.1, -0.05) is 11.6 Å². The Labute approximate surface area is 172 Å². The lowest BCUT2D eigenvalue weighted by atomic mass is 9.78. The number of halogens is 4. The van der Waals surface area contributed by atoms with Crippen molar-refractivity contribution in [3.63, 3.8) is 0 Å². The molecule has 3 aliphatic rings. The molecule has 2 saturated heterocycles. The molecule has 1 N–H and O–H groups in total. The van der Waals surface area contributed by atoms with Gasteiger partial charge >= 0.3 is 6.18 Å². The molecule has 1 aliphatic carbocycles. The van der Waals surface area contributed by atoms with Crippen molar-refractivity contribution in [2.24, 2.45) is 5.41 Å². The molecule has 1 spiro atoms. The molecular formula is C20H25ClF3N3O2. The first-order chi connectivity index (χ1) is 13.7. The fourth-order valence-corrected chi connectivity index (χ4v) is 5.36. The number of hydrogen-bond acceptors (Lipinski definition) is 4. The van der Waals surface area contributed by atoms with Gasteiger partial charge in [0.15, 0.2) is 0 Å². The number of likely N-dealkylation sites (tertiary alicyclic amines) is 1. The molecule has 1 aromatic heterocycles. The number of nitrogens with zero attached hydrogens (tertiary/aromatic N) is 3. The molecular weight excluding hydrogens is 407 g/mol. The SMILES string of the molecule is O=C1N([C@H]2CC[C@H](O)CC2)CCC12CCCN(c1ncc(C(F)(F)F)cc1Cl)C2. The number of carbonyl (C=O) groups excluding carboxylic acids is 1. The number of aliphatic hydroxyl groups is 1. The van der Waals surface area contributed by atoms with E-state index in [4.69, 9.17) is 11.6 Å². The van der Waals surface area contributed by atoms with Crippen molar-refractivity contribution in [3.05, 3.63) is 22.8 Å². The molecule has 1 saturated carbocycles. The van der Waals surface area contributed by atoms with Crippen molar-refractivity contribution in [1.29, 1.82) is 0 Å². The number of anilines is 1. The summed E-state index contributed by atoms with van der Waals surface area (Å²) in [4.78, 5) is 21.2. The van der Waals surface area contributed by atoms with Crippen LogP contribution in [0.2, 0.25) is 5.02 Å². The number of aliphatic hydroxyl groups excluding tert-OH is 1. The molecule has 3 fully saturated rings. The molecule has 1 atom stereocenters. The Morgan fingerprint density at radius 1 is 1.17 bits per heavy atom. The van der Waals surface area contributed by atoms with Crippen LogP contribution in [-0.4, -0.2) is 52.7 Å². The maximum absolute atomic E-state index is 13.3. The third kappa shape index (κ3) is 3.93. The van der Waals surface area contributed by atoms with Crippen LogP contribution in [0.5, 0.6) is 0 Å². The summed E-state index contributed by atoms with van der Waals surface area (Å²) in [5, 5.41) is 9.69. The van der Waals surface area contributed by atoms with Crippen molar-refractivity contribution in [2.75, 3.05) is 24.5 Å². The van der Waals surface area contributed by atoms with E-state index in [0.717, 1.165) is 57.2 Å². The summed E-state index contributed by atoms with van der Waals surface area (Å²) in [5.74, 6) is 0.442. The van der Waals surface area contributed by atoms with Crippen LogP contribution < -0.4 is 4.90 Å². The van der Waals surface area contributed by atoms with Gasteiger partial charge in [0.05, 0.1) is 22.1 Å². The van der Waals surface area contributed by atoms with E-state index in [1.54, 1.807) is 0 Å². The van der Waals surface area contributed by atoms with Gasteiger partial charge in [0.2, 0.25) is 5.91 Å². The van der Waals surface area contributed by atoms with Gasteiger partial charge in [0.25, 0.3) is 0 Å². The molecule has 0 bridgehead atoms. The lowest BCUT2D eigenvalue weighted by Crippen LogP contribution is -2.50. The molecule has 2 aliphatic heterocycles. The lowest BCUT2D eigenvalue weighted by molar-refractivity contribution is -0.139. The van der Waals surface area contributed by atoms with Gasteiger partial charge in [-0.15, -0.1) is 0 Å². The topological polar surface area (TPSA) is 56.7 Å². The minimum atomic E-state index is -4.49. The van der Waals surface area contributed by atoms with E-state index in [9.17, 15) is 23.1 Å². The van der Waals surface area contributed by atoms with Crippen LogP contribution in [0.1, 0.15) is 50.5 Å². The molecule has 160 valence electrons. The first-order valence-electron chi connectivity index (χ1n) is 10.2. The second-order valence-corrected chi connectivity index (χ2v) is 8.95. The Hall–Kier alpha value is -1.54. The number of pyridine rings is 1. The number of aromatic nitrogens is 1. The molecule has 1 unspecified atom stereocenters. The van der Waals surface area contributed by atoms with Gasteiger partial charge in [-0.25, -0.2) is 4.98 Å². The molecule has 4 rings (SSSR count). The highest BCUT2D eigenvalue weighted by molar-refractivity contribution is 6.33. The Balaban J connectivity index is 1.50. The highest BCUT2D eigenvalue weighted by atomic mass is 35.5. The second kappa shape index (κ2) is 7.61. The average Bonchev–Trinajstić information content (AvgIpc) is 2.97. The summed E-state index contributed by atoms with van der Waals surface area (Å²) < 4.78 is 38.7. The van der Waals surface area contributed by atoms with E-state index in [-0.39, 0.29) is 23.1 Å². The number of alkyl halides is 3. The monoisotopic (exact) mass is 431 g/mol. The quantitative estimate of drug-likeness (QED) is 0.772. The summed E-state index contributed by atoms with van der Waals surface area (Å²) in [5.41, 5.74) is -1.40. The highest BCUT2D eigenvalue weighted by Crippen LogP contribution is 2.44. The maximum Gasteiger partial charge on any atom is 0.417 e. The Morgan fingerprint density at radius 3 is 2.55 bits per heavy atom. The predicted octanol–water partition coefficient (Wildman–Crippen LogP) is 3.88. The van der Waals surface area contributed by atoms with E-state index in [1.807, 2.05) is 9.80 Å². The van der Waals surface area contributed by atoms with Crippen molar-refractivity contribution in [3.8, 4) is 0 Å². The van der Waals surface area contributed by atoms with E-state index in [2.05, 4.69) is 4.98 Å². The summed E-state index contributed by atoms with van der Waals surface area (Å²) in [6.07, 6.45) is 1.39. The van der Waals surface area contributed by atoms with Crippen molar-refractivity contribution >= 4 is 23.3 Å². The van der Waals surface area contributed by atoms with Crippen LogP contribution in [0.25, 0.3) is 0 Å². The van der Waals surface area contributed by atoms with Gasteiger partial charge in [-0.05, 0) is 51.0 Å². The number of carbonyl (C=O) groups is 1. The van der Waals surface area contributed by atoms with E-state index < -0.39 is 17.2 Å². The standard InChI is InChI=1S/C20H25ClF3N3O2/c21-16-10-13(20(22,23)24)11-25-17(16)26-8-1-6-19(12-26)7-9-27(18(19)29)14-2-4-15(28)5-3-14/h10-11,14-15,28H,1-9,12H2/t14-,15-,19?. The van der Waals surface area contributed by atoms with Crippen molar-refractivity contribution < 1.29 is 23.1 Å². The molecule has 0 aromatic carbocycles. The number of hydrogen-bond donors (Lipinski definition) is 1. The molecule has 9 heteroatoms. The largest absolute Gasteiger partial charge is 0.417 e. The van der Waals surface area contributed by atoms with Crippen molar-refractivity contribution in [1.82, 2.24) is 9.88 Å². The smallest absolute Gasteiger partial charge is 0.393 e. The van der Waals surface area contributed by atoms with Gasteiger partial charge < -0.3 is 14.9 Å². The zero-order valence-electron chi connectivity index (χ0n) is 16.1. The Bertz CT molecular complexity index is 783. The first-order valence-corrected chi connectivity index (χ1v) is 10.5. The van der Waals surface area contributed by atoms with Crippen LogP contribution in [0.3, 0.4) is 0 Å². The summed E-state index contributed by atoms with van der Waals surface area (Å²) in [7, 11) is 0. The third-order valence-corrected chi connectivity index (χ3v) is 6.96. The molecule has 5 nitrogen and oxygen atoms in total. The van der Waals surface area contributed by atoms with Crippen LogP contribution in [0.15, 0.2) is 12.3 Å². The van der Waals surface area contributed by atoms with Crippen LogP contribution in [-0.2, 0) is 11.0 Å². The van der Waals surface area contributed by atoms with E-state index in [1.165, 1.54) is 0 Å². The molecule has 3 heterocycles. The summed E-state index contributed by atoms with van der Waals surface area (Å²) in [6.45, 7) is 1.74. The Kier molecular flexibility index (Phi) is 5.44. The van der Waals surface area contributed by atoms with E-state index in [0.29, 0.717) is 25.5 Å². The molecule has 0 radical (unpaired) electrons. The third-order valence-electron chi connectivity index (χ3n) is 6.68. The minimum Gasteiger partial charge on any atom is -0.393 e. The lowest BCUT2D eigenvalue weighted by Gasteiger charge is -2.41.